The largest absolute Gasteiger partial charge is 0.395 e. The summed E-state index contributed by atoms with van der Waals surface area (Å²) in [5, 5.41) is 20.0. The maximum Gasteiger partial charge on any atom is 0.244 e. The summed E-state index contributed by atoms with van der Waals surface area (Å²) < 4.78 is 0. The zero-order valence-electron chi connectivity index (χ0n) is 11.6. The Bertz CT molecular complexity index is 393. The molecule has 1 aliphatic rings. The Morgan fingerprint density at radius 3 is 2.50 bits per heavy atom. The number of hydrogen-bond acceptors (Lipinski definition) is 5. The first-order valence-corrected chi connectivity index (χ1v) is 6.47. The summed E-state index contributed by atoms with van der Waals surface area (Å²) in [7, 11) is 0. The molecule has 6 heteroatoms. The lowest BCUT2D eigenvalue weighted by Crippen LogP contribution is -2.54. The van der Waals surface area contributed by atoms with Crippen LogP contribution in [0.1, 0.15) is 33.5 Å². The number of aliphatic hydroxyl groups excluding tert-OH is 1. The normalized spacial score (nSPS) is 25.5. The minimum absolute atomic E-state index is 0.0516. The number of hydrogen-bond donors (Lipinski definition) is 3. The highest BCUT2D eigenvalue weighted by Gasteiger charge is 2.27. The molecule has 1 saturated heterocycles. The minimum Gasteiger partial charge on any atom is -0.395 e. The Balaban J connectivity index is 2.15. The third-order valence-corrected chi connectivity index (χ3v) is 3.35. The van der Waals surface area contributed by atoms with Crippen molar-refractivity contribution in [1.29, 1.82) is 0 Å². The molecule has 0 radical (unpaired) electrons. The van der Waals surface area contributed by atoms with E-state index in [-0.39, 0.29) is 12.0 Å². The van der Waals surface area contributed by atoms with Crippen LogP contribution >= 0.6 is 0 Å². The smallest absolute Gasteiger partial charge is 0.244 e. The highest BCUT2D eigenvalue weighted by atomic mass is 16.3. The molecule has 1 aromatic heterocycles. The van der Waals surface area contributed by atoms with Gasteiger partial charge in [-0.15, -0.1) is 5.10 Å². The quantitative estimate of drug-likeness (QED) is 0.720. The molecule has 1 aromatic rings. The minimum atomic E-state index is -0.378. The molecule has 0 spiro atoms. The molecule has 0 amide bonds. The van der Waals surface area contributed by atoms with Crippen LogP contribution in [0.15, 0.2) is 0 Å². The lowest BCUT2D eigenvalue weighted by molar-refractivity contribution is 0.212. The van der Waals surface area contributed by atoms with Crippen LogP contribution in [-0.4, -0.2) is 52.1 Å². The van der Waals surface area contributed by atoms with Crippen molar-refractivity contribution in [2.24, 2.45) is 0 Å². The SMILES string of the molecule is CC1CN(c2n[nH]c(C(C)(C)CO)n2)CC(C)N1. The van der Waals surface area contributed by atoms with E-state index in [9.17, 15) is 5.11 Å². The van der Waals surface area contributed by atoms with E-state index in [1.54, 1.807) is 0 Å². The number of nitrogens with one attached hydrogen (secondary N) is 2. The first-order chi connectivity index (χ1) is 8.42. The van der Waals surface area contributed by atoms with Crippen LogP contribution in [0, 0.1) is 0 Å². The summed E-state index contributed by atoms with van der Waals surface area (Å²) in [6, 6.07) is 0.864. The van der Waals surface area contributed by atoms with E-state index in [4.69, 9.17) is 0 Å². The van der Waals surface area contributed by atoms with E-state index in [0.29, 0.717) is 12.1 Å². The highest BCUT2D eigenvalue weighted by molar-refractivity contribution is 5.31. The van der Waals surface area contributed by atoms with Gasteiger partial charge < -0.3 is 15.3 Å². The molecule has 0 bridgehead atoms. The maximum atomic E-state index is 9.34. The van der Waals surface area contributed by atoms with Gasteiger partial charge in [0.15, 0.2) is 0 Å². The second kappa shape index (κ2) is 4.85. The topological polar surface area (TPSA) is 77.1 Å². The fourth-order valence-corrected chi connectivity index (χ4v) is 2.26. The average molecular weight is 253 g/mol. The molecule has 2 unspecified atom stereocenters. The molecule has 1 aliphatic heterocycles. The molecule has 2 heterocycles. The summed E-state index contributed by atoms with van der Waals surface area (Å²) in [5.74, 6) is 1.46. The zero-order chi connectivity index (χ0) is 13.3. The number of piperazine rings is 1. The van der Waals surface area contributed by atoms with E-state index in [1.165, 1.54) is 0 Å². The Morgan fingerprint density at radius 1 is 1.33 bits per heavy atom. The average Bonchev–Trinajstić information content (AvgIpc) is 2.77. The zero-order valence-corrected chi connectivity index (χ0v) is 11.6. The molecular formula is C12H23N5O. The van der Waals surface area contributed by atoms with Gasteiger partial charge in [-0.05, 0) is 13.8 Å². The van der Waals surface area contributed by atoms with Crippen LogP contribution in [0.2, 0.25) is 0 Å². The Hall–Kier alpha value is -1.14. The van der Waals surface area contributed by atoms with Gasteiger partial charge in [-0.1, -0.05) is 13.8 Å². The number of aromatic nitrogens is 3. The number of H-pyrrole nitrogens is 1. The standard InChI is InChI=1S/C12H23N5O/c1-8-5-17(6-9(2)13-8)11-14-10(15-16-11)12(3,4)7-18/h8-9,13,18H,5-7H2,1-4H3,(H,14,15,16). The first kappa shape index (κ1) is 13.3. The summed E-state index contributed by atoms with van der Waals surface area (Å²) in [5.41, 5.74) is -0.378. The fraction of sp³-hybridized carbons (Fsp3) is 0.833. The van der Waals surface area contributed by atoms with Crippen molar-refractivity contribution in [3.63, 3.8) is 0 Å². The van der Waals surface area contributed by atoms with Crippen LogP contribution in [0.5, 0.6) is 0 Å². The number of anilines is 1. The highest BCUT2D eigenvalue weighted by Crippen LogP contribution is 2.21. The lowest BCUT2D eigenvalue weighted by atomic mass is 9.94. The third-order valence-electron chi connectivity index (χ3n) is 3.35. The molecule has 6 nitrogen and oxygen atoms in total. The molecule has 0 saturated carbocycles. The van der Waals surface area contributed by atoms with E-state index < -0.39 is 0 Å². The van der Waals surface area contributed by atoms with E-state index in [2.05, 4.69) is 39.2 Å². The Morgan fingerprint density at radius 2 is 1.94 bits per heavy atom. The van der Waals surface area contributed by atoms with Gasteiger partial charge in [-0.2, -0.15) is 4.98 Å². The summed E-state index contributed by atoms with van der Waals surface area (Å²) in [6.07, 6.45) is 0. The Kier molecular flexibility index (Phi) is 3.59. The van der Waals surface area contributed by atoms with Crippen molar-refractivity contribution < 1.29 is 5.11 Å². The summed E-state index contributed by atoms with van der Waals surface area (Å²) in [6.45, 7) is 10.1. The second-order valence-corrected chi connectivity index (χ2v) is 5.90. The number of rotatable bonds is 3. The number of aromatic amines is 1. The van der Waals surface area contributed by atoms with Gasteiger partial charge in [0.1, 0.15) is 5.82 Å². The molecule has 1 fully saturated rings. The van der Waals surface area contributed by atoms with Crippen molar-refractivity contribution in [3.8, 4) is 0 Å². The molecule has 0 aromatic carbocycles. The Labute approximate surface area is 108 Å². The second-order valence-electron chi connectivity index (χ2n) is 5.90. The van der Waals surface area contributed by atoms with Crippen LogP contribution in [0.3, 0.4) is 0 Å². The molecule has 2 rings (SSSR count). The predicted octanol–water partition coefficient (Wildman–Crippen LogP) is 0.261. The van der Waals surface area contributed by atoms with E-state index in [0.717, 1.165) is 24.9 Å². The lowest BCUT2D eigenvalue weighted by Gasteiger charge is -2.35. The van der Waals surface area contributed by atoms with E-state index >= 15 is 0 Å². The first-order valence-electron chi connectivity index (χ1n) is 6.47. The number of aliphatic hydroxyl groups is 1. The van der Waals surface area contributed by atoms with Crippen molar-refractivity contribution in [2.45, 2.75) is 45.2 Å². The van der Waals surface area contributed by atoms with Crippen molar-refractivity contribution in [3.05, 3.63) is 5.82 Å². The monoisotopic (exact) mass is 253 g/mol. The van der Waals surface area contributed by atoms with Crippen LogP contribution < -0.4 is 10.2 Å². The van der Waals surface area contributed by atoms with Crippen molar-refractivity contribution in [1.82, 2.24) is 20.5 Å². The van der Waals surface area contributed by atoms with Gasteiger partial charge in [0, 0.05) is 30.6 Å². The summed E-state index contributed by atoms with van der Waals surface area (Å²) >= 11 is 0. The van der Waals surface area contributed by atoms with Crippen LogP contribution in [0.25, 0.3) is 0 Å². The third kappa shape index (κ3) is 2.64. The van der Waals surface area contributed by atoms with Crippen molar-refractivity contribution in [2.75, 3.05) is 24.6 Å². The number of nitrogens with zero attached hydrogens (tertiary/aromatic N) is 3. The van der Waals surface area contributed by atoms with E-state index in [1.807, 2.05) is 13.8 Å². The molecular weight excluding hydrogens is 230 g/mol. The van der Waals surface area contributed by atoms with Crippen LogP contribution in [0.4, 0.5) is 5.95 Å². The molecule has 0 aliphatic carbocycles. The van der Waals surface area contributed by atoms with Gasteiger partial charge in [0.25, 0.3) is 0 Å². The van der Waals surface area contributed by atoms with Crippen LogP contribution in [-0.2, 0) is 5.41 Å². The fourth-order valence-electron chi connectivity index (χ4n) is 2.26. The molecule has 2 atom stereocenters. The summed E-state index contributed by atoms with van der Waals surface area (Å²) in [4.78, 5) is 6.70. The van der Waals surface area contributed by atoms with Crippen molar-refractivity contribution >= 4 is 5.95 Å². The van der Waals surface area contributed by atoms with Gasteiger partial charge in [0.2, 0.25) is 5.95 Å². The molecule has 102 valence electrons. The van der Waals surface area contributed by atoms with Gasteiger partial charge >= 0.3 is 0 Å². The van der Waals surface area contributed by atoms with Gasteiger partial charge in [-0.25, -0.2) is 0 Å². The van der Waals surface area contributed by atoms with Gasteiger partial charge in [-0.3, -0.25) is 5.10 Å². The molecule has 18 heavy (non-hydrogen) atoms. The maximum absolute atomic E-state index is 9.34. The predicted molar refractivity (Wildman–Crippen MR) is 70.8 cm³/mol. The molecule has 3 N–H and O–H groups in total. The van der Waals surface area contributed by atoms with Gasteiger partial charge in [0.05, 0.1) is 6.61 Å².